The highest BCUT2D eigenvalue weighted by Gasteiger charge is 2.18. The van der Waals surface area contributed by atoms with E-state index >= 15 is 0 Å². The van der Waals surface area contributed by atoms with Crippen molar-refractivity contribution in [3.05, 3.63) is 54.1 Å². The van der Waals surface area contributed by atoms with Crippen LogP contribution in [0.4, 0.5) is 11.4 Å². The minimum Gasteiger partial charge on any atom is -0.369 e. The van der Waals surface area contributed by atoms with Crippen molar-refractivity contribution >= 4 is 29.0 Å². The monoisotopic (exact) mass is 394 g/mol. The summed E-state index contributed by atoms with van der Waals surface area (Å²) in [5.41, 5.74) is 2.62. The molecule has 0 atom stereocenters. The topological polar surface area (TPSA) is 59.4 Å². The molecule has 1 fully saturated rings. The molecule has 0 aromatic heterocycles. The van der Waals surface area contributed by atoms with Gasteiger partial charge in [0.1, 0.15) is 6.07 Å². The van der Waals surface area contributed by atoms with Gasteiger partial charge < -0.3 is 15.1 Å². The highest BCUT2D eigenvalue weighted by molar-refractivity contribution is 7.98. The molecule has 1 aliphatic rings. The first-order valence-electron chi connectivity index (χ1n) is 9.60. The predicted octanol–water partition coefficient (Wildman–Crippen LogP) is 3.82. The Labute approximate surface area is 171 Å². The molecule has 6 heteroatoms. The van der Waals surface area contributed by atoms with E-state index in [0.717, 1.165) is 61.0 Å². The summed E-state index contributed by atoms with van der Waals surface area (Å²) in [6.07, 6.45) is 3.52. The van der Waals surface area contributed by atoms with Crippen LogP contribution in [-0.4, -0.2) is 49.8 Å². The van der Waals surface area contributed by atoms with E-state index in [4.69, 9.17) is 0 Å². The quantitative estimate of drug-likeness (QED) is 0.755. The Morgan fingerprint density at radius 3 is 2.71 bits per heavy atom. The van der Waals surface area contributed by atoms with E-state index in [1.807, 2.05) is 54.8 Å². The Morgan fingerprint density at radius 2 is 1.89 bits per heavy atom. The standard InChI is InChI=1S/C22H26N4OS/c1-28-21-10-5-3-8-19(21)24-22(27)11-14-25-12-6-13-26(16-15-25)20-9-4-2-7-18(20)17-23/h2-5,7-10H,6,11-16H2,1H3,(H,24,27). The number of hydrogen-bond acceptors (Lipinski definition) is 5. The molecule has 2 aromatic rings. The number of carbonyl (C=O) groups is 1. The number of nitrogens with one attached hydrogen (secondary N) is 1. The van der Waals surface area contributed by atoms with Crippen molar-refractivity contribution in [2.24, 2.45) is 0 Å². The fourth-order valence-electron chi connectivity index (χ4n) is 3.50. The lowest BCUT2D eigenvalue weighted by molar-refractivity contribution is -0.116. The zero-order valence-corrected chi connectivity index (χ0v) is 17.0. The van der Waals surface area contributed by atoms with Gasteiger partial charge in [-0.3, -0.25) is 4.79 Å². The predicted molar refractivity (Wildman–Crippen MR) is 116 cm³/mol. The van der Waals surface area contributed by atoms with E-state index in [0.29, 0.717) is 6.42 Å². The third-order valence-corrected chi connectivity index (χ3v) is 5.79. The number of nitrogens with zero attached hydrogens (tertiary/aromatic N) is 3. The molecule has 1 aliphatic heterocycles. The molecule has 5 nitrogen and oxygen atoms in total. The molecule has 1 heterocycles. The number of amides is 1. The molecule has 1 saturated heterocycles. The summed E-state index contributed by atoms with van der Waals surface area (Å²) in [6.45, 7) is 4.42. The van der Waals surface area contributed by atoms with Crippen LogP contribution in [0.3, 0.4) is 0 Å². The summed E-state index contributed by atoms with van der Waals surface area (Å²) in [6, 6.07) is 17.9. The van der Waals surface area contributed by atoms with Crippen molar-refractivity contribution in [2.45, 2.75) is 17.7 Å². The maximum absolute atomic E-state index is 12.4. The van der Waals surface area contributed by atoms with Gasteiger partial charge in [-0.1, -0.05) is 24.3 Å². The fraction of sp³-hybridized carbons (Fsp3) is 0.364. The molecule has 0 unspecified atom stereocenters. The number of anilines is 2. The second-order valence-electron chi connectivity index (χ2n) is 6.81. The lowest BCUT2D eigenvalue weighted by Gasteiger charge is -2.24. The Balaban J connectivity index is 1.51. The van der Waals surface area contributed by atoms with Gasteiger partial charge in [0, 0.05) is 37.5 Å². The Hall–Kier alpha value is -2.49. The van der Waals surface area contributed by atoms with Gasteiger partial charge in [0.15, 0.2) is 0 Å². The number of nitriles is 1. The minimum absolute atomic E-state index is 0.0532. The summed E-state index contributed by atoms with van der Waals surface area (Å²) in [5, 5.41) is 12.4. The SMILES string of the molecule is CSc1ccccc1NC(=O)CCN1CCCN(c2ccccc2C#N)CC1. The first-order chi connectivity index (χ1) is 13.7. The van der Waals surface area contributed by atoms with Gasteiger partial charge in [-0.2, -0.15) is 5.26 Å². The third-order valence-electron chi connectivity index (χ3n) is 4.99. The van der Waals surface area contributed by atoms with Crippen molar-refractivity contribution in [1.82, 2.24) is 4.90 Å². The molecule has 146 valence electrons. The van der Waals surface area contributed by atoms with Crippen LogP contribution in [0.1, 0.15) is 18.4 Å². The molecule has 28 heavy (non-hydrogen) atoms. The van der Waals surface area contributed by atoms with Crippen LogP contribution < -0.4 is 10.2 Å². The van der Waals surface area contributed by atoms with Gasteiger partial charge in [-0.25, -0.2) is 0 Å². The average Bonchev–Trinajstić information content (AvgIpc) is 2.98. The zero-order chi connectivity index (χ0) is 19.8. The highest BCUT2D eigenvalue weighted by Crippen LogP contribution is 2.25. The van der Waals surface area contributed by atoms with E-state index in [2.05, 4.69) is 21.2 Å². The molecule has 1 amide bonds. The number of rotatable bonds is 6. The number of thioether (sulfide) groups is 1. The van der Waals surface area contributed by atoms with Crippen LogP contribution in [0, 0.1) is 11.3 Å². The van der Waals surface area contributed by atoms with E-state index < -0.39 is 0 Å². The van der Waals surface area contributed by atoms with Gasteiger partial charge in [0.05, 0.1) is 16.9 Å². The number of para-hydroxylation sites is 2. The second kappa shape index (κ2) is 10.2. The Morgan fingerprint density at radius 1 is 1.11 bits per heavy atom. The molecule has 0 bridgehead atoms. The van der Waals surface area contributed by atoms with Crippen molar-refractivity contribution in [3.8, 4) is 6.07 Å². The van der Waals surface area contributed by atoms with Crippen LogP contribution in [0.2, 0.25) is 0 Å². The minimum atomic E-state index is 0.0532. The van der Waals surface area contributed by atoms with Crippen LogP contribution in [-0.2, 0) is 4.79 Å². The van der Waals surface area contributed by atoms with Crippen LogP contribution in [0.5, 0.6) is 0 Å². The largest absolute Gasteiger partial charge is 0.369 e. The van der Waals surface area contributed by atoms with Crippen molar-refractivity contribution in [1.29, 1.82) is 5.26 Å². The Kier molecular flexibility index (Phi) is 7.35. The van der Waals surface area contributed by atoms with Gasteiger partial charge in [-0.05, 0) is 43.5 Å². The summed E-state index contributed by atoms with van der Waals surface area (Å²) in [4.78, 5) is 18.1. The van der Waals surface area contributed by atoms with Gasteiger partial charge in [0.2, 0.25) is 5.91 Å². The molecule has 0 saturated carbocycles. The molecule has 1 N–H and O–H groups in total. The first-order valence-corrected chi connectivity index (χ1v) is 10.8. The molecule has 2 aromatic carbocycles. The molecule has 0 aliphatic carbocycles. The number of hydrogen-bond donors (Lipinski definition) is 1. The smallest absolute Gasteiger partial charge is 0.225 e. The summed E-state index contributed by atoms with van der Waals surface area (Å²) < 4.78 is 0. The lowest BCUT2D eigenvalue weighted by Crippen LogP contribution is -2.33. The molecule has 3 rings (SSSR count). The van der Waals surface area contributed by atoms with Gasteiger partial charge in [-0.15, -0.1) is 11.8 Å². The maximum atomic E-state index is 12.4. The first kappa shape index (κ1) is 20.2. The zero-order valence-electron chi connectivity index (χ0n) is 16.2. The van der Waals surface area contributed by atoms with Crippen LogP contribution in [0.15, 0.2) is 53.4 Å². The van der Waals surface area contributed by atoms with Crippen molar-refractivity contribution in [2.75, 3.05) is 49.2 Å². The highest BCUT2D eigenvalue weighted by atomic mass is 32.2. The average molecular weight is 395 g/mol. The summed E-state index contributed by atoms with van der Waals surface area (Å²) >= 11 is 1.63. The number of benzene rings is 2. The summed E-state index contributed by atoms with van der Waals surface area (Å²) in [5.74, 6) is 0.0532. The molecular weight excluding hydrogens is 368 g/mol. The van der Waals surface area contributed by atoms with Crippen molar-refractivity contribution < 1.29 is 4.79 Å². The fourth-order valence-corrected chi connectivity index (χ4v) is 4.05. The van der Waals surface area contributed by atoms with E-state index in [1.165, 1.54) is 0 Å². The lowest BCUT2D eigenvalue weighted by atomic mass is 10.1. The van der Waals surface area contributed by atoms with Crippen molar-refractivity contribution in [3.63, 3.8) is 0 Å². The third kappa shape index (κ3) is 5.28. The normalized spacial score (nSPS) is 14.9. The molecular formula is C22H26N4OS. The van der Waals surface area contributed by atoms with E-state index in [9.17, 15) is 10.1 Å². The maximum Gasteiger partial charge on any atom is 0.225 e. The van der Waals surface area contributed by atoms with E-state index in [-0.39, 0.29) is 5.91 Å². The van der Waals surface area contributed by atoms with Gasteiger partial charge >= 0.3 is 0 Å². The van der Waals surface area contributed by atoms with E-state index in [1.54, 1.807) is 11.8 Å². The van der Waals surface area contributed by atoms with Crippen LogP contribution >= 0.6 is 11.8 Å². The molecule has 0 spiro atoms. The molecule has 0 radical (unpaired) electrons. The summed E-state index contributed by atoms with van der Waals surface area (Å²) in [7, 11) is 0. The number of carbonyl (C=O) groups excluding carboxylic acids is 1. The second-order valence-corrected chi connectivity index (χ2v) is 7.66. The Bertz CT molecular complexity index is 848. The van der Waals surface area contributed by atoms with Crippen LogP contribution in [0.25, 0.3) is 0 Å². The van der Waals surface area contributed by atoms with Gasteiger partial charge in [0.25, 0.3) is 0 Å².